The summed E-state index contributed by atoms with van der Waals surface area (Å²) >= 11 is 0. The fraction of sp³-hybridized carbons (Fsp3) is 0.267. The number of rotatable bonds is 3. The Morgan fingerprint density at radius 1 is 1.35 bits per heavy atom. The zero-order valence-electron chi connectivity index (χ0n) is 10.9. The standard InChI is InChI=1S/C13H17NO.C2H4/c1-5-12(8-10(2)3)14-9-11(4)6-7-13(14)15;1-2/h5-10H,1H2,2-4H3;1-2H2/b12-8+;. The molecule has 0 aliphatic rings. The summed E-state index contributed by atoms with van der Waals surface area (Å²) in [6.07, 6.45) is 5.56. The van der Waals surface area contributed by atoms with Gasteiger partial charge in [0.15, 0.2) is 0 Å². The van der Waals surface area contributed by atoms with Gasteiger partial charge >= 0.3 is 0 Å². The van der Waals surface area contributed by atoms with Crippen molar-refractivity contribution in [3.05, 3.63) is 66.1 Å². The molecule has 2 nitrogen and oxygen atoms in total. The first-order valence-electron chi connectivity index (χ1n) is 5.58. The van der Waals surface area contributed by atoms with Crippen molar-refractivity contribution in [2.45, 2.75) is 20.8 Å². The first-order valence-corrected chi connectivity index (χ1v) is 5.58. The minimum atomic E-state index is -0.0209. The van der Waals surface area contributed by atoms with Crippen LogP contribution in [0.3, 0.4) is 0 Å². The minimum Gasteiger partial charge on any atom is -0.284 e. The largest absolute Gasteiger partial charge is 0.284 e. The fourth-order valence-electron chi connectivity index (χ4n) is 1.38. The van der Waals surface area contributed by atoms with E-state index in [1.165, 1.54) is 0 Å². The molecule has 17 heavy (non-hydrogen) atoms. The topological polar surface area (TPSA) is 22.0 Å². The number of aromatic nitrogens is 1. The maximum atomic E-state index is 11.6. The molecule has 1 aromatic heterocycles. The first kappa shape index (κ1) is 15.2. The number of aryl methyl sites for hydroxylation is 1. The zero-order chi connectivity index (χ0) is 13.4. The van der Waals surface area contributed by atoms with Crippen LogP contribution < -0.4 is 5.56 Å². The van der Waals surface area contributed by atoms with Crippen LogP contribution in [0, 0.1) is 12.8 Å². The van der Waals surface area contributed by atoms with Gasteiger partial charge in [0, 0.05) is 18.0 Å². The van der Waals surface area contributed by atoms with Gasteiger partial charge in [-0.15, -0.1) is 13.2 Å². The van der Waals surface area contributed by atoms with E-state index in [9.17, 15) is 4.79 Å². The Morgan fingerprint density at radius 2 is 1.94 bits per heavy atom. The molecule has 0 aliphatic carbocycles. The van der Waals surface area contributed by atoms with Gasteiger partial charge < -0.3 is 0 Å². The Kier molecular flexibility index (Phi) is 6.64. The first-order chi connectivity index (χ1) is 8.04. The van der Waals surface area contributed by atoms with Crippen LogP contribution in [0.5, 0.6) is 0 Å². The highest BCUT2D eigenvalue weighted by molar-refractivity contribution is 5.56. The van der Waals surface area contributed by atoms with E-state index in [1.807, 2.05) is 25.3 Å². The molecule has 92 valence electrons. The summed E-state index contributed by atoms with van der Waals surface area (Å²) in [5, 5.41) is 0. The Morgan fingerprint density at radius 3 is 2.41 bits per heavy atom. The predicted octanol–water partition coefficient (Wildman–Crippen LogP) is 3.64. The summed E-state index contributed by atoms with van der Waals surface area (Å²) in [4.78, 5) is 11.6. The molecule has 1 rings (SSSR count). The van der Waals surface area contributed by atoms with E-state index in [0.717, 1.165) is 11.3 Å². The van der Waals surface area contributed by atoms with E-state index in [1.54, 1.807) is 16.7 Å². The maximum absolute atomic E-state index is 11.6. The van der Waals surface area contributed by atoms with Gasteiger partial charge in [-0.05, 0) is 24.5 Å². The maximum Gasteiger partial charge on any atom is 0.255 e. The van der Waals surface area contributed by atoms with E-state index < -0.39 is 0 Å². The number of nitrogens with zero attached hydrogens (tertiary/aromatic N) is 1. The van der Waals surface area contributed by atoms with Gasteiger partial charge in [-0.25, -0.2) is 0 Å². The number of pyridine rings is 1. The van der Waals surface area contributed by atoms with Crippen LogP contribution in [-0.4, -0.2) is 4.57 Å². The van der Waals surface area contributed by atoms with E-state index in [4.69, 9.17) is 0 Å². The SMILES string of the molecule is C=C.C=C/C(=C\C(C)C)n1cc(C)ccc1=O. The smallest absolute Gasteiger partial charge is 0.255 e. The summed E-state index contributed by atoms with van der Waals surface area (Å²) in [5.41, 5.74) is 1.89. The molecule has 0 aromatic carbocycles. The van der Waals surface area contributed by atoms with Gasteiger partial charge in [0.05, 0.1) is 0 Å². The number of hydrogen-bond donors (Lipinski definition) is 0. The molecule has 1 heterocycles. The Labute approximate surface area is 104 Å². The van der Waals surface area contributed by atoms with Crippen LogP contribution in [-0.2, 0) is 0 Å². The molecule has 0 fully saturated rings. The third kappa shape index (κ3) is 4.68. The lowest BCUT2D eigenvalue weighted by Gasteiger charge is -2.08. The number of allylic oxidation sites excluding steroid dienone is 3. The molecule has 0 saturated heterocycles. The van der Waals surface area contributed by atoms with E-state index in [-0.39, 0.29) is 5.56 Å². The summed E-state index contributed by atoms with van der Waals surface area (Å²) in [5.74, 6) is 0.394. The van der Waals surface area contributed by atoms with Gasteiger partial charge in [0.2, 0.25) is 0 Å². The molecule has 0 aliphatic heterocycles. The van der Waals surface area contributed by atoms with Crippen molar-refractivity contribution < 1.29 is 0 Å². The molecular formula is C15H21NO. The Hall–Kier alpha value is -1.83. The van der Waals surface area contributed by atoms with Crippen LogP contribution in [0.4, 0.5) is 0 Å². The zero-order valence-corrected chi connectivity index (χ0v) is 10.9. The van der Waals surface area contributed by atoms with Crippen LogP contribution in [0.25, 0.3) is 5.70 Å². The number of hydrogen-bond acceptors (Lipinski definition) is 1. The van der Waals surface area contributed by atoms with Gasteiger partial charge in [-0.2, -0.15) is 0 Å². The van der Waals surface area contributed by atoms with Crippen LogP contribution >= 0.6 is 0 Å². The van der Waals surface area contributed by atoms with Crippen molar-refractivity contribution in [2.24, 2.45) is 5.92 Å². The van der Waals surface area contributed by atoms with Gasteiger partial charge in [-0.1, -0.05) is 32.6 Å². The van der Waals surface area contributed by atoms with Crippen molar-refractivity contribution in [2.75, 3.05) is 0 Å². The highest BCUT2D eigenvalue weighted by Crippen LogP contribution is 2.08. The molecule has 0 atom stereocenters. The summed E-state index contributed by atoms with van der Waals surface area (Å²) in [6, 6.07) is 3.39. The predicted molar refractivity (Wildman–Crippen MR) is 76.0 cm³/mol. The molecule has 0 bridgehead atoms. The second kappa shape index (κ2) is 7.44. The highest BCUT2D eigenvalue weighted by Gasteiger charge is 2.00. The third-order valence-electron chi connectivity index (χ3n) is 2.05. The van der Waals surface area contributed by atoms with Crippen LogP contribution in [0.1, 0.15) is 19.4 Å². The molecule has 0 N–H and O–H groups in total. The molecule has 2 heteroatoms. The van der Waals surface area contributed by atoms with Crippen molar-refractivity contribution in [3.63, 3.8) is 0 Å². The van der Waals surface area contributed by atoms with Crippen molar-refractivity contribution in [3.8, 4) is 0 Å². The summed E-state index contributed by atoms with van der Waals surface area (Å²) < 4.78 is 1.63. The lowest BCUT2D eigenvalue weighted by molar-refractivity contribution is 0.824. The second-order valence-corrected chi connectivity index (χ2v) is 3.95. The van der Waals surface area contributed by atoms with Gasteiger partial charge in [0.25, 0.3) is 5.56 Å². The minimum absolute atomic E-state index is 0.0209. The van der Waals surface area contributed by atoms with E-state index in [0.29, 0.717) is 5.92 Å². The second-order valence-electron chi connectivity index (χ2n) is 3.95. The summed E-state index contributed by atoms with van der Waals surface area (Å²) in [6.45, 7) is 15.8. The Balaban J connectivity index is 0.00000121. The van der Waals surface area contributed by atoms with Crippen LogP contribution in [0.15, 0.2) is 55.0 Å². The summed E-state index contributed by atoms with van der Waals surface area (Å²) in [7, 11) is 0. The molecule has 1 aromatic rings. The lowest BCUT2D eigenvalue weighted by Crippen LogP contribution is -2.17. The average molecular weight is 231 g/mol. The monoisotopic (exact) mass is 231 g/mol. The molecule has 0 unspecified atom stereocenters. The Bertz CT molecular complexity index is 452. The molecule has 0 saturated carbocycles. The normalized spacial score (nSPS) is 10.7. The van der Waals surface area contributed by atoms with Gasteiger partial charge in [0.1, 0.15) is 0 Å². The molecule has 0 radical (unpaired) electrons. The van der Waals surface area contributed by atoms with E-state index >= 15 is 0 Å². The fourth-order valence-corrected chi connectivity index (χ4v) is 1.38. The quantitative estimate of drug-likeness (QED) is 0.575. The van der Waals surface area contributed by atoms with Crippen molar-refractivity contribution in [1.29, 1.82) is 0 Å². The average Bonchev–Trinajstić information content (AvgIpc) is 2.32. The molecule has 0 amide bonds. The third-order valence-corrected chi connectivity index (χ3v) is 2.05. The lowest BCUT2D eigenvalue weighted by atomic mass is 10.1. The molecular weight excluding hydrogens is 210 g/mol. The van der Waals surface area contributed by atoms with E-state index in [2.05, 4.69) is 33.6 Å². The van der Waals surface area contributed by atoms with Crippen molar-refractivity contribution >= 4 is 5.70 Å². The van der Waals surface area contributed by atoms with Gasteiger partial charge in [-0.3, -0.25) is 9.36 Å². The molecule has 0 spiro atoms. The van der Waals surface area contributed by atoms with Crippen LogP contribution in [0.2, 0.25) is 0 Å². The highest BCUT2D eigenvalue weighted by atomic mass is 16.1. The van der Waals surface area contributed by atoms with Crippen molar-refractivity contribution in [1.82, 2.24) is 4.57 Å².